The number of carboxylic acid groups (broad SMARTS) is 1. The molecule has 73 heavy (non-hydrogen) atoms. The third-order valence-electron chi connectivity index (χ3n) is 13.4. The van der Waals surface area contributed by atoms with Gasteiger partial charge in [0.1, 0.15) is 18.8 Å². The van der Waals surface area contributed by atoms with Crippen LogP contribution in [0, 0.1) is 0 Å². The van der Waals surface area contributed by atoms with E-state index in [-0.39, 0.29) is 25.9 Å². The maximum absolute atomic E-state index is 13.1. The Bertz CT molecular complexity index is 1460. The fraction of sp³-hybridized carbons (Fsp3) is 0.803. The predicted octanol–water partition coefficient (Wildman–Crippen LogP) is 15.0. The van der Waals surface area contributed by atoms with Gasteiger partial charge in [0, 0.05) is 19.3 Å². The molecule has 0 aliphatic carbocycles. The molecular weight excluding hydrogens is 925 g/mol. The second-order valence-corrected chi connectivity index (χ2v) is 20.3. The summed E-state index contributed by atoms with van der Waals surface area (Å²) in [5.74, 6) is -3.13. The van der Waals surface area contributed by atoms with Crippen LogP contribution in [0.4, 0.5) is 0 Å². The van der Waals surface area contributed by atoms with Crippen molar-refractivity contribution in [2.75, 3.05) is 13.2 Å². The molecule has 0 amide bonds. The summed E-state index contributed by atoms with van der Waals surface area (Å²) < 4.78 is 28.4. The molecule has 0 spiro atoms. The largest absolute Gasteiger partial charge is 0.479 e. The molecule has 1 fully saturated rings. The number of carbonyl (C=O) groups excluding carboxylic acids is 3. The molecule has 1 aliphatic rings. The second-order valence-electron chi connectivity index (χ2n) is 20.3. The Labute approximate surface area is 443 Å². The number of aliphatic hydroxyl groups is 2. The number of unbranched alkanes of at least 4 members (excludes halogenated alkanes) is 28. The third-order valence-corrected chi connectivity index (χ3v) is 13.4. The highest BCUT2D eigenvalue weighted by Crippen LogP contribution is 2.26. The van der Waals surface area contributed by atoms with Crippen molar-refractivity contribution < 1.29 is 58.2 Å². The Morgan fingerprint density at radius 1 is 0.452 bits per heavy atom. The summed E-state index contributed by atoms with van der Waals surface area (Å²) in [6.45, 7) is 5.91. The number of ether oxygens (including phenoxy) is 5. The number of esters is 3. The van der Waals surface area contributed by atoms with E-state index in [0.717, 1.165) is 103 Å². The minimum absolute atomic E-state index is 0.0607. The van der Waals surface area contributed by atoms with Gasteiger partial charge >= 0.3 is 23.9 Å². The lowest BCUT2D eigenvalue weighted by atomic mass is 9.98. The first-order valence-corrected chi connectivity index (χ1v) is 29.6. The lowest BCUT2D eigenvalue weighted by Gasteiger charge is -2.40. The van der Waals surface area contributed by atoms with Crippen LogP contribution in [0.1, 0.15) is 265 Å². The van der Waals surface area contributed by atoms with Crippen molar-refractivity contribution in [3.8, 4) is 0 Å². The molecule has 1 heterocycles. The molecule has 0 aromatic rings. The molecule has 6 atom stereocenters. The maximum Gasteiger partial charge on any atom is 0.335 e. The first-order chi connectivity index (χ1) is 35.6. The van der Waals surface area contributed by atoms with Gasteiger partial charge in [-0.05, 0) is 83.5 Å². The second kappa shape index (κ2) is 49.6. The Morgan fingerprint density at radius 2 is 0.822 bits per heavy atom. The average Bonchev–Trinajstić information content (AvgIpc) is 3.37. The highest BCUT2D eigenvalue weighted by Gasteiger charge is 2.50. The Morgan fingerprint density at radius 3 is 1.26 bits per heavy atom. The zero-order valence-corrected chi connectivity index (χ0v) is 46.4. The van der Waals surface area contributed by atoms with Crippen LogP contribution >= 0.6 is 0 Å². The summed E-state index contributed by atoms with van der Waals surface area (Å²) in [5.41, 5.74) is 0. The zero-order valence-electron chi connectivity index (χ0n) is 46.4. The van der Waals surface area contributed by atoms with Crippen molar-refractivity contribution in [2.24, 2.45) is 0 Å². The van der Waals surface area contributed by atoms with Gasteiger partial charge in [-0.2, -0.15) is 0 Å². The molecule has 12 heteroatoms. The lowest BCUT2D eigenvalue weighted by Crippen LogP contribution is -2.61. The summed E-state index contributed by atoms with van der Waals surface area (Å²) in [7, 11) is 0. The number of aliphatic carboxylic acids is 1. The summed E-state index contributed by atoms with van der Waals surface area (Å²) in [6, 6.07) is 0. The van der Waals surface area contributed by atoms with E-state index in [0.29, 0.717) is 19.3 Å². The van der Waals surface area contributed by atoms with Crippen LogP contribution in [0.3, 0.4) is 0 Å². The number of allylic oxidation sites excluding steroid dienone is 8. The molecule has 422 valence electrons. The monoisotopic (exact) mass is 1030 g/mol. The molecule has 3 N–H and O–H groups in total. The summed E-state index contributed by atoms with van der Waals surface area (Å²) in [6.07, 6.45) is 46.6. The van der Waals surface area contributed by atoms with Crippen LogP contribution in [0.2, 0.25) is 0 Å². The van der Waals surface area contributed by atoms with E-state index in [9.17, 15) is 34.5 Å². The maximum atomic E-state index is 13.1. The van der Waals surface area contributed by atoms with Crippen LogP contribution < -0.4 is 0 Å². The van der Waals surface area contributed by atoms with Gasteiger partial charge in [-0.15, -0.1) is 0 Å². The molecule has 0 aromatic carbocycles. The van der Waals surface area contributed by atoms with Crippen molar-refractivity contribution >= 4 is 23.9 Å². The van der Waals surface area contributed by atoms with Crippen molar-refractivity contribution in [1.82, 2.24) is 0 Å². The normalized spacial score (nSPS) is 18.6. The quantitative estimate of drug-likeness (QED) is 0.0228. The minimum Gasteiger partial charge on any atom is -0.479 e. The molecule has 6 unspecified atom stereocenters. The van der Waals surface area contributed by atoms with Crippen LogP contribution in [-0.2, 0) is 42.9 Å². The molecule has 12 nitrogen and oxygen atoms in total. The zero-order chi connectivity index (χ0) is 53.3. The van der Waals surface area contributed by atoms with Crippen LogP contribution in [0.25, 0.3) is 0 Å². The van der Waals surface area contributed by atoms with E-state index >= 15 is 0 Å². The van der Waals surface area contributed by atoms with Crippen molar-refractivity contribution in [2.45, 2.75) is 302 Å². The predicted molar refractivity (Wildman–Crippen MR) is 294 cm³/mol. The van der Waals surface area contributed by atoms with Crippen LogP contribution in [0.5, 0.6) is 0 Å². The van der Waals surface area contributed by atoms with Gasteiger partial charge in [-0.25, -0.2) is 4.79 Å². The third kappa shape index (κ3) is 39.7. The average molecular weight is 1030 g/mol. The van der Waals surface area contributed by atoms with Gasteiger partial charge in [-0.3, -0.25) is 14.4 Å². The summed E-state index contributed by atoms with van der Waals surface area (Å²) in [5, 5.41) is 31.4. The van der Waals surface area contributed by atoms with E-state index in [1.54, 1.807) is 0 Å². The molecule has 1 aliphatic heterocycles. The van der Waals surface area contributed by atoms with Gasteiger partial charge in [-0.1, -0.05) is 211 Å². The number of aliphatic hydroxyl groups excluding tert-OH is 2. The van der Waals surface area contributed by atoms with Crippen molar-refractivity contribution in [3.05, 3.63) is 48.6 Å². The highest BCUT2D eigenvalue weighted by molar-refractivity contribution is 5.74. The lowest BCUT2D eigenvalue weighted by molar-refractivity contribution is -0.301. The minimum atomic E-state index is -1.90. The van der Waals surface area contributed by atoms with Crippen LogP contribution in [0.15, 0.2) is 48.6 Å². The molecule has 1 rings (SSSR count). The topological polar surface area (TPSA) is 175 Å². The first-order valence-electron chi connectivity index (χ1n) is 29.6. The van der Waals surface area contributed by atoms with E-state index in [1.165, 1.54) is 103 Å². The van der Waals surface area contributed by atoms with Crippen LogP contribution in [-0.4, -0.2) is 89.2 Å². The van der Waals surface area contributed by atoms with Gasteiger partial charge in [0.25, 0.3) is 0 Å². The van der Waals surface area contributed by atoms with E-state index in [2.05, 4.69) is 69.4 Å². The number of hydrogen-bond acceptors (Lipinski definition) is 11. The Hall–Kier alpha value is -3.32. The number of carboxylic acids is 1. The smallest absolute Gasteiger partial charge is 0.335 e. The van der Waals surface area contributed by atoms with E-state index < -0.39 is 67.3 Å². The van der Waals surface area contributed by atoms with Crippen molar-refractivity contribution in [3.63, 3.8) is 0 Å². The van der Waals surface area contributed by atoms with Crippen molar-refractivity contribution in [1.29, 1.82) is 0 Å². The van der Waals surface area contributed by atoms with E-state index in [4.69, 9.17) is 23.7 Å². The molecule has 1 saturated heterocycles. The SMILES string of the molecule is CCCCC/C=C\C/C=C\CCCCCCCCCC(=O)OCC(COC1OC(C(=O)O)C(O)C(O)C1OC(=O)CCCCCCCCCCC)OC(=O)CCCCCCCCC/C=C\C/C=C\CCCCC. The van der Waals surface area contributed by atoms with Gasteiger partial charge in [0.2, 0.25) is 0 Å². The Balaban J connectivity index is 2.67. The highest BCUT2D eigenvalue weighted by atomic mass is 16.7. The Kier molecular flexibility index (Phi) is 45.9. The molecule has 0 bridgehead atoms. The summed E-state index contributed by atoms with van der Waals surface area (Å²) in [4.78, 5) is 51.0. The van der Waals surface area contributed by atoms with E-state index in [1.807, 2.05) is 0 Å². The molecular formula is C61H106O12. The molecule has 0 saturated carbocycles. The fourth-order valence-corrected chi connectivity index (χ4v) is 8.78. The number of rotatable bonds is 50. The fourth-order valence-electron chi connectivity index (χ4n) is 8.78. The standard InChI is InChI=1S/C61H106O12/c1-4-7-10-13-16-19-21-23-25-27-29-31-33-36-38-41-44-47-53(62)69-50-52(71-54(63)48-45-42-40-37-34-32-30-28-26-24-22-20-17-14-11-8-5-2)51-70-61-59(57(66)56(65)58(73-61)60(67)68)72-55(64)49-46-43-39-35-18-15-12-9-6-3/h16-17,19-20,23-26,52,56-59,61,65-66H,4-15,18,21-22,27-51H2,1-3H3,(H,67,68)/b19-16-,20-17-,25-23-,26-24-. The van der Waals surface area contributed by atoms with Gasteiger partial charge in [0.15, 0.2) is 24.6 Å². The molecule has 0 radical (unpaired) electrons. The first kappa shape index (κ1) is 67.7. The number of carbonyl (C=O) groups is 4. The van der Waals surface area contributed by atoms with Gasteiger partial charge < -0.3 is 39.0 Å². The molecule has 0 aromatic heterocycles. The summed E-state index contributed by atoms with van der Waals surface area (Å²) >= 11 is 0. The number of hydrogen-bond donors (Lipinski definition) is 3. The van der Waals surface area contributed by atoms with Gasteiger partial charge in [0.05, 0.1) is 6.61 Å².